The van der Waals surface area contributed by atoms with Gasteiger partial charge in [0.1, 0.15) is 11.6 Å². The van der Waals surface area contributed by atoms with Gasteiger partial charge in [-0.15, -0.1) is 0 Å². The van der Waals surface area contributed by atoms with Gasteiger partial charge in [0, 0.05) is 23.2 Å². The number of methoxy groups -OCH3 is 1. The Hall–Kier alpha value is -2.80. The topological polar surface area (TPSA) is 76.1 Å². The molecule has 6 nitrogen and oxygen atoms in total. The fourth-order valence-corrected chi connectivity index (χ4v) is 4.35. The molecule has 1 amide bonds. The van der Waals surface area contributed by atoms with Crippen molar-refractivity contribution in [3.8, 4) is 5.75 Å². The summed E-state index contributed by atoms with van der Waals surface area (Å²) in [4.78, 5) is 21.8. The average Bonchev–Trinajstić information content (AvgIpc) is 2.78. The van der Waals surface area contributed by atoms with Gasteiger partial charge in [0.05, 0.1) is 18.4 Å². The highest BCUT2D eigenvalue weighted by Crippen LogP contribution is 2.28. The number of anilines is 2. The number of aromatic nitrogens is 2. The number of fused-ring (bicyclic) bond motifs is 1. The Kier molecular flexibility index (Phi) is 6.69. The van der Waals surface area contributed by atoms with Gasteiger partial charge in [0.25, 0.3) is 0 Å². The zero-order chi connectivity index (χ0) is 20.8. The molecular weight excluding hydrogens is 396 g/mol. The number of hydrogen-bond acceptors (Lipinski definition) is 6. The molecule has 1 aromatic heterocycles. The van der Waals surface area contributed by atoms with Crippen molar-refractivity contribution in [1.29, 1.82) is 0 Å². The maximum absolute atomic E-state index is 12.4. The molecule has 1 aliphatic rings. The van der Waals surface area contributed by atoms with Crippen LogP contribution in [0.1, 0.15) is 32.1 Å². The number of ether oxygens (including phenoxy) is 1. The number of carbonyl (C=O) groups is 1. The summed E-state index contributed by atoms with van der Waals surface area (Å²) in [6, 6.07) is 15.8. The molecule has 1 saturated carbocycles. The summed E-state index contributed by atoms with van der Waals surface area (Å²) in [5.74, 6) is 1.70. The monoisotopic (exact) mass is 422 g/mol. The summed E-state index contributed by atoms with van der Waals surface area (Å²) in [5.41, 5.74) is 1.60. The van der Waals surface area contributed by atoms with E-state index >= 15 is 0 Å². The van der Waals surface area contributed by atoms with Gasteiger partial charge in [-0.2, -0.15) is 0 Å². The second-order valence-electron chi connectivity index (χ2n) is 7.42. The molecule has 0 spiro atoms. The van der Waals surface area contributed by atoms with E-state index in [9.17, 15) is 4.79 Å². The number of amides is 1. The van der Waals surface area contributed by atoms with Gasteiger partial charge in [-0.25, -0.2) is 9.97 Å². The minimum Gasteiger partial charge on any atom is -0.497 e. The van der Waals surface area contributed by atoms with E-state index in [0.717, 1.165) is 16.7 Å². The maximum Gasteiger partial charge on any atom is 0.234 e. The largest absolute Gasteiger partial charge is 0.497 e. The third kappa shape index (κ3) is 5.21. The Balaban J connectivity index is 1.46. The smallest absolute Gasteiger partial charge is 0.234 e. The van der Waals surface area contributed by atoms with E-state index in [4.69, 9.17) is 9.72 Å². The predicted octanol–water partition coefficient (Wildman–Crippen LogP) is 5.11. The van der Waals surface area contributed by atoms with Gasteiger partial charge >= 0.3 is 0 Å². The predicted molar refractivity (Wildman–Crippen MR) is 122 cm³/mol. The lowest BCUT2D eigenvalue weighted by Gasteiger charge is -2.24. The Labute approximate surface area is 180 Å². The quantitative estimate of drug-likeness (QED) is 0.407. The minimum atomic E-state index is -0.105. The van der Waals surface area contributed by atoms with Crippen molar-refractivity contribution < 1.29 is 9.53 Å². The molecule has 0 unspecified atom stereocenters. The molecule has 0 saturated heterocycles. The van der Waals surface area contributed by atoms with Gasteiger partial charge in [0.15, 0.2) is 5.16 Å². The van der Waals surface area contributed by atoms with E-state index < -0.39 is 0 Å². The molecule has 1 fully saturated rings. The second kappa shape index (κ2) is 9.80. The van der Waals surface area contributed by atoms with Gasteiger partial charge in [0.2, 0.25) is 5.91 Å². The number of nitrogens with zero attached hydrogens (tertiary/aromatic N) is 2. The van der Waals surface area contributed by atoms with Crippen molar-refractivity contribution in [3.63, 3.8) is 0 Å². The van der Waals surface area contributed by atoms with Crippen LogP contribution in [-0.2, 0) is 4.79 Å². The molecule has 0 radical (unpaired) electrons. The van der Waals surface area contributed by atoms with Crippen LogP contribution in [0.25, 0.3) is 10.9 Å². The highest BCUT2D eigenvalue weighted by molar-refractivity contribution is 7.99. The standard InChI is InChI=1S/C23H26N4O2S/c1-29-18-11-7-10-17(14-18)24-21(28)15-30-23-26-20-13-6-5-12-19(20)22(27-23)25-16-8-3-2-4-9-16/h5-7,10-14,16H,2-4,8-9,15H2,1H3,(H,24,28)(H,25,26,27). The average molecular weight is 423 g/mol. The first-order valence-corrected chi connectivity index (χ1v) is 11.3. The summed E-state index contributed by atoms with van der Waals surface area (Å²) in [6.07, 6.45) is 6.17. The van der Waals surface area contributed by atoms with Crippen molar-refractivity contribution in [2.45, 2.75) is 43.3 Å². The van der Waals surface area contributed by atoms with E-state index in [-0.39, 0.29) is 11.7 Å². The van der Waals surface area contributed by atoms with Crippen molar-refractivity contribution in [2.24, 2.45) is 0 Å². The zero-order valence-electron chi connectivity index (χ0n) is 17.1. The highest BCUT2D eigenvalue weighted by atomic mass is 32.2. The molecule has 7 heteroatoms. The molecule has 0 aliphatic heterocycles. The zero-order valence-corrected chi connectivity index (χ0v) is 17.9. The Bertz CT molecular complexity index is 1020. The molecule has 156 valence electrons. The molecule has 1 heterocycles. The van der Waals surface area contributed by atoms with Crippen molar-refractivity contribution in [2.75, 3.05) is 23.5 Å². The Morgan fingerprint density at radius 2 is 1.93 bits per heavy atom. The van der Waals surface area contributed by atoms with Gasteiger partial charge in [-0.1, -0.05) is 49.2 Å². The lowest BCUT2D eigenvalue weighted by molar-refractivity contribution is -0.113. The summed E-state index contributed by atoms with van der Waals surface area (Å²) in [5, 5.41) is 8.14. The molecule has 0 atom stereocenters. The summed E-state index contributed by atoms with van der Waals surface area (Å²) in [7, 11) is 1.60. The van der Waals surface area contributed by atoms with Crippen LogP contribution in [0.5, 0.6) is 5.75 Å². The molecule has 30 heavy (non-hydrogen) atoms. The van der Waals surface area contributed by atoms with Crippen LogP contribution >= 0.6 is 11.8 Å². The second-order valence-corrected chi connectivity index (χ2v) is 8.36. The molecule has 2 N–H and O–H groups in total. The van der Waals surface area contributed by atoms with Crippen LogP contribution in [0.4, 0.5) is 11.5 Å². The molecule has 3 aromatic rings. The number of para-hydroxylation sites is 1. The third-order valence-corrected chi connectivity index (χ3v) is 6.06. The van der Waals surface area contributed by atoms with Crippen molar-refractivity contribution in [1.82, 2.24) is 9.97 Å². The van der Waals surface area contributed by atoms with Crippen LogP contribution in [0.3, 0.4) is 0 Å². The van der Waals surface area contributed by atoms with E-state index in [0.29, 0.717) is 22.6 Å². The van der Waals surface area contributed by atoms with Crippen LogP contribution in [0.15, 0.2) is 53.7 Å². The maximum atomic E-state index is 12.4. The number of benzene rings is 2. The SMILES string of the molecule is COc1cccc(NC(=O)CSc2nc(NC3CCCCC3)c3ccccc3n2)c1. The highest BCUT2D eigenvalue weighted by Gasteiger charge is 2.16. The number of hydrogen-bond donors (Lipinski definition) is 2. The third-order valence-electron chi connectivity index (χ3n) is 5.21. The summed E-state index contributed by atoms with van der Waals surface area (Å²) in [6.45, 7) is 0. The van der Waals surface area contributed by atoms with E-state index in [1.165, 1.54) is 43.9 Å². The van der Waals surface area contributed by atoms with Crippen LogP contribution in [-0.4, -0.2) is 34.8 Å². The van der Waals surface area contributed by atoms with Crippen LogP contribution in [0.2, 0.25) is 0 Å². The lowest BCUT2D eigenvalue weighted by atomic mass is 9.95. The lowest BCUT2D eigenvalue weighted by Crippen LogP contribution is -2.23. The van der Waals surface area contributed by atoms with Crippen LogP contribution < -0.4 is 15.4 Å². The van der Waals surface area contributed by atoms with E-state index in [2.05, 4.69) is 15.6 Å². The Morgan fingerprint density at radius 3 is 2.77 bits per heavy atom. The minimum absolute atomic E-state index is 0.105. The number of thioether (sulfide) groups is 1. The molecule has 1 aliphatic carbocycles. The van der Waals surface area contributed by atoms with Crippen molar-refractivity contribution in [3.05, 3.63) is 48.5 Å². The molecular formula is C23H26N4O2S. The fraction of sp³-hybridized carbons (Fsp3) is 0.348. The molecule has 0 bridgehead atoms. The van der Waals surface area contributed by atoms with E-state index in [1.807, 2.05) is 42.5 Å². The first-order chi connectivity index (χ1) is 14.7. The van der Waals surface area contributed by atoms with Gasteiger partial charge < -0.3 is 15.4 Å². The first-order valence-electron chi connectivity index (χ1n) is 10.3. The summed E-state index contributed by atoms with van der Waals surface area (Å²) >= 11 is 1.34. The normalized spacial score (nSPS) is 14.4. The van der Waals surface area contributed by atoms with Crippen molar-refractivity contribution >= 4 is 40.1 Å². The number of rotatable bonds is 7. The van der Waals surface area contributed by atoms with Gasteiger partial charge in [-0.05, 0) is 37.1 Å². The summed E-state index contributed by atoms with van der Waals surface area (Å²) < 4.78 is 5.20. The fourth-order valence-electron chi connectivity index (χ4n) is 3.70. The van der Waals surface area contributed by atoms with Crippen LogP contribution in [0, 0.1) is 0 Å². The number of carbonyl (C=O) groups excluding carboxylic acids is 1. The van der Waals surface area contributed by atoms with Gasteiger partial charge in [-0.3, -0.25) is 4.79 Å². The Morgan fingerprint density at radius 1 is 1.10 bits per heavy atom. The molecule has 4 rings (SSSR count). The number of nitrogens with one attached hydrogen (secondary N) is 2. The van der Waals surface area contributed by atoms with E-state index in [1.54, 1.807) is 13.2 Å². The molecule has 2 aromatic carbocycles. The first kappa shape index (κ1) is 20.5.